The maximum absolute atomic E-state index is 5.62. The lowest BCUT2D eigenvalue weighted by molar-refractivity contribution is 0.240. The number of ether oxygens (including phenoxy) is 1. The van der Waals surface area contributed by atoms with Crippen molar-refractivity contribution in [3.63, 3.8) is 0 Å². The molecule has 0 radical (unpaired) electrons. The summed E-state index contributed by atoms with van der Waals surface area (Å²) < 4.78 is 6.61. The summed E-state index contributed by atoms with van der Waals surface area (Å²) in [5.74, 6) is 0.867. The van der Waals surface area contributed by atoms with Crippen molar-refractivity contribution in [2.24, 2.45) is 5.73 Å². The van der Waals surface area contributed by atoms with Crippen molar-refractivity contribution in [2.45, 2.75) is 26.5 Å². The molecule has 0 spiro atoms. The van der Waals surface area contributed by atoms with Crippen LogP contribution in [0.2, 0.25) is 0 Å². The summed E-state index contributed by atoms with van der Waals surface area (Å²) in [6.07, 6.45) is 0.180. The van der Waals surface area contributed by atoms with E-state index in [1.54, 1.807) is 0 Å². The third kappa shape index (κ3) is 2.71. The van der Waals surface area contributed by atoms with Gasteiger partial charge in [0.1, 0.15) is 5.75 Å². The van der Waals surface area contributed by atoms with Crippen LogP contribution in [-0.2, 0) is 6.54 Å². The molecular formula is C10H14BrNO. The molecule has 0 aliphatic rings. The van der Waals surface area contributed by atoms with Crippen LogP contribution in [0.5, 0.6) is 5.75 Å². The van der Waals surface area contributed by atoms with Gasteiger partial charge in [0.2, 0.25) is 0 Å². The Morgan fingerprint density at radius 3 is 2.69 bits per heavy atom. The minimum Gasteiger partial charge on any atom is -0.491 e. The molecule has 0 saturated carbocycles. The van der Waals surface area contributed by atoms with E-state index in [-0.39, 0.29) is 6.10 Å². The largest absolute Gasteiger partial charge is 0.491 e. The molecule has 0 saturated heterocycles. The van der Waals surface area contributed by atoms with Crippen LogP contribution in [0.15, 0.2) is 22.7 Å². The summed E-state index contributed by atoms with van der Waals surface area (Å²) in [6.45, 7) is 4.49. The first-order valence-electron chi connectivity index (χ1n) is 4.29. The Bertz CT molecular complexity index is 286. The number of hydrogen-bond donors (Lipinski definition) is 1. The van der Waals surface area contributed by atoms with E-state index < -0.39 is 0 Å². The quantitative estimate of drug-likeness (QED) is 0.887. The highest BCUT2D eigenvalue weighted by molar-refractivity contribution is 9.10. The molecule has 72 valence electrons. The van der Waals surface area contributed by atoms with Gasteiger partial charge in [0.05, 0.1) is 6.10 Å². The molecule has 0 aliphatic heterocycles. The van der Waals surface area contributed by atoms with Crippen molar-refractivity contribution in [3.8, 4) is 5.75 Å². The fourth-order valence-corrected chi connectivity index (χ4v) is 1.61. The maximum Gasteiger partial charge on any atom is 0.125 e. The molecule has 0 aliphatic carbocycles. The predicted molar refractivity (Wildman–Crippen MR) is 57.8 cm³/mol. The van der Waals surface area contributed by atoms with Gasteiger partial charge in [-0.15, -0.1) is 0 Å². The highest BCUT2D eigenvalue weighted by Gasteiger charge is 2.06. The summed E-state index contributed by atoms with van der Waals surface area (Å²) in [6, 6.07) is 5.85. The van der Waals surface area contributed by atoms with E-state index >= 15 is 0 Å². The molecule has 2 N–H and O–H groups in total. The van der Waals surface area contributed by atoms with E-state index in [4.69, 9.17) is 10.5 Å². The molecule has 3 heteroatoms. The average molecular weight is 244 g/mol. The first-order valence-corrected chi connectivity index (χ1v) is 5.08. The van der Waals surface area contributed by atoms with Gasteiger partial charge in [-0.1, -0.05) is 22.0 Å². The van der Waals surface area contributed by atoms with Gasteiger partial charge in [-0.05, 0) is 26.0 Å². The van der Waals surface area contributed by atoms with Crippen molar-refractivity contribution >= 4 is 15.9 Å². The van der Waals surface area contributed by atoms with Gasteiger partial charge in [-0.25, -0.2) is 0 Å². The molecule has 0 unspecified atom stereocenters. The highest BCUT2D eigenvalue weighted by atomic mass is 79.9. The number of halogens is 1. The molecule has 1 rings (SSSR count). The lowest BCUT2D eigenvalue weighted by Crippen LogP contribution is -2.09. The van der Waals surface area contributed by atoms with Gasteiger partial charge in [-0.3, -0.25) is 0 Å². The minimum absolute atomic E-state index is 0.180. The lowest BCUT2D eigenvalue weighted by Gasteiger charge is -2.14. The van der Waals surface area contributed by atoms with Crippen molar-refractivity contribution in [1.82, 2.24) is 0 Å². The Labute approximate surface area is 87.2 Å². The monoisotopic (exact) mass is 243 g/mol. The lowest BCUT2D eigenvalue weighted by atomic mass is 10.2. The fourth-order valence-electron chi connectivity index (χ4n) is 1.10. The fraction of sp³-hybridized carbons (Fsp3) is 0.400. The van der Waals surface area contributed by atoms with E-state index in [0.29, 0.717) is 6.54 Å². The SMILES string of the molecule is CC(C)Oc1cccc(Br)c1CN. The van der Waals surface area contributed by atoms with Crippen molar-refractivity contribution < 1.29 is 4.74 Å². The zero-order valence-electron chi connectivity index (χ0n) is 7.88. The van der Waals surface area contributed by atoms with Gasteiger partial charge < -0.3 is 10.5 Å². The maximum atomic E-state index is 5.62. The second-order valence-corrected chi connectivity index (χ2v) is 3.94. The zero-order valence-corrected chi connectivity index (χ0v) is 9.47. The van der Waals surface area contributed by atoms with E-state index in [1.807, 2.05) is 32.0 Å². The van der Waals surface area contributed by atoms with E-state index in [2.05, 4.69) is 15.9 Å². The molecule has 2 nitrogen and oxygen atoms in total. The number of nitrogens with two attached hydrogens (primary N) is 1. The van der Waals surface area contributed by atoms with Gasteiger partial charge in [0.25, 0.3) is 0 Å². The van der Waals surface area contributed by atoms with Crippen LogP contribution in [0.3, 0.4) is 0 Å². The van der Waals surface area contributed by atoms with Crippen molar-refractivity contribution in [1.29, 1.82) is 0 Å². The summed E-state index contributed by atoms with van der Waals surface area (Å²) in [5, 5.41) is 0. The van der Waals surface area contributed by atoms with Crippen LogP contribution in [0.4, 0.5) is 0 Å². The normalized spacial score (nSPS) is 10.5. The third-order valence-electron chi connectivity index (χ3n) is 1.64. The second kappa shape index (κ2) is 4.63. The summed E-state index contributed by atoms with van der Waals surface area (Å²) >= 11 is 3.44. The van der Waals surface area contributed by atoms with Crippen LogP contribution in [0, 0.1) is 0 Å². The smallest absolute Gasteiger partial charge is 0.125 e. The molecule has 0 amide bonds. The van der Waals surface area contributed by atoms with Crippen LogP contribution < -0.4 is 10.5 Å². The Balaban J connectivity index is 2.98. The molecule has 0 aromatic heterocycles. The number of hydrogen-bond acceptors (Lipinski definition) is 2. The van der Waals surface area contributed by atoms with Crippen LogP contribution in [-0.4, -0.2) is 6.10 Å². The van der Waals surface area contributed by atoms with Crippen LogP contribution in [0.1, 0.15) is 19.4 Å². The van der Waals surface area contributed by atoms with Gasteiger partial charge in [0.15, 0.2) is 0 Å². The molecule has 13 heavy (non-hydrogen) atoms. The second-order valence-electron chi connectivity index (χ2n) is 3.09. The Kier molecular flexibility index (Phi) is 3.75. The van der Waals surface area contributed by atoms with E-state index in [9.17, 15) is 0 Å². The van der Waals surface area contributed by atoms with Crippen molar-refractivity contribution in [3.05, 3.63) is 28.2 Å². The molecule has 1 aromatic carbocycles. The predicted octanol–water partition coefficient (Wildman–Crippen LogP) is 2.70. The average Bonchev–Trinajstić information content (AvgIpc) is 2.03. The molecule has 0 heterocycles. The third-order valence-corrected chi connectivity index (χ3v) is 2.39. The minimum atomic E-state index is 0.180. The number of benzene rings is 1. The molecule has 1 aromatic rings. The van der Waals surface area contributed by atoms with Crippen molar-refractivity contribution in [2.75, 3.05) is 0 Å². The highest BCUT2D eigenvalue weighted by Crippen LogP contribution is 2.26. The molecule has 0 atom stereocenters. The van der Waals surface area contributed by atoms with E-state index in [0.717, 1.165) is 15.8 Å². The number of rotatable bonds is 3. The van der Waals surface area contributed by atoms with Gasteiger partial charge in [0, 0.05) is 16.6 Å². The van der Waals surface area contributed by atoms with E-state index in [1.165, 1.54) is 0 Å². The first-order chi connectivity index (χ1) is 6.15. The zero-order chi connectivity index (χ0) is 9.84. The molecule has 0 bridgehead atoms. The van der Waals surface area contributed by atoms with Gasteiger partial charge >= 0.3 is 0 Å². The van der Waals surface area contributed by atoms with Gasteiger partial charge in [-0.2, -0.15) is 0 Å². The first kappa shape index (κ1) is 10.5. The molecule has 0 fully saturated rings. The topological polar surface area (TPSA) is 35.2 Å². The Hall–Kier alpha value is -0.540. The Morgan fingerprint density at radius 2 is 2.15 bits per heavy atom. The Morgan fingerprint density at radius 1 is 1.46 bits per heavy atom. The summed E-state index contributed by atoms with van der Waals surface area (Å²) in [7, 11) is 0. The summed E-state index contributed by atoms with van der Waals surface area (Å²) in [5.41, 5.74) is 6.64. The van der Waals surface area contributed by atoms with Crippen LogP contribution in [0.25, 0.3) is 0 Å². The van der Waals surface area contributed by atoms with Crippen LogP contribution >= 0.6 is 15.9 Å². The standard InChI is InChI=1S/C10H14BrNO/c1-7(2)13-10-5-3-4-9(11)8(10)6-12/h3-5,7H,6,12H2,1-2H3. The molecular weight excluding hydrogens is 230 g/mol. The summed E-state index contributed by atoms with van der Waals surface area (Å²) in [4.78, 5) is 0.